The molecule has 122 valence electrons. The van der Waals surface area contributed by atoms with E-state index in [0.717, 1.165) is 28.6 Å². The van der Waals surface area contributed by atoms with E-state index in [1.54, 1.807) is 6.20 Å². The molecule has 0 aliphatic carbocycles. The predicted octanol–water partition coefficient (Wildman–Crippen LogP) is 3.89. The number of carbonyl (C=O) groups excluding carboxylic acids is 1. The van der Waals surface area contributed by atoms with E-state index in [2.05, 4.69) is 15.3 Å². The maximum Gasteiger partial charge on any atom is 0.407 e. The molecule has 0 saturated heterocycles. The van der Waals surface area contributed by atoms with Crippen molar-refractivity contribution in [1.29, 1.82) is 0 Å². The first kappa shape index (κ1) is 15.8. The summed E-state index contributed by atoms with van der Waals surface area (Å²) >= 11 is 0. The van der Waals surface area contributed by atoms with E-state index in [0.29, 0.717) is 6.54 Å². The lowest BCUT2D eigenvalue weighted by Crippen LogP contribution is -2.24. The Morgan fingerprint density at radius 2 is 2.08 bits per heavy atom. The minimum Gasteiger partial charge on any atom is -0.445 e. The van der Waals surface area contributed by atoms with Crippen molar-refractivity contribution in [3.8, 4) is 0 Å². The minimum absolute atomic E-state index is 0.283. The predicted molar refractivity (Wildman–Crippen MR) is 94.4 cm³/mol. The van der Waals surface area contributed by atoms with E-state index in [4.69, 9.17) is 4.74 Å². The zero-order chi connectivity index (χ0) is 16.6. The van der Waals surface area contributed by atoms with Gasteiger partial charge in [0.2, 0.25) is 0 Å². The van der Waals surface area contributed by atoms with Gasteiger partial charge in [0.1, 0.15) is 12.3 Å². The van der Waals surface area contributed by atoms with Gasteiger partial charge >= 0.3 is 6.09 Å². The fraction of sp³-hybridized carbons (Fsp3) is 0.158. The van der Waals surface area contributed by atoms with E-state index >= 15 is 0 Å². The lowest BCUT2D eigenvalue weighted by atomic mass is 10.2. The van der Waals surface area contributed by atoms with Crippen LogP contribution in [-0.2, 0) is 11.3 Å². The van der Waals surface area contributed by atoms with Gasteiger partial charge in [0.15, 0.2) is 0 Å². The van der Waals surface area contributed by atoms with E-state index < -0.39 is 6.09 Å². The molecular formula is C19H19N3O2. The molecule has 5 nitrogen and oxygen atoms in total. The monoisotopic (exact) mass is 321 g/mol. The largest absolute Gasteiger partial charge is 0.445 e. The first-order valence-corrected chi connectivity index (χ1v) is 7.86. The van der Waals surface area contributed by atoms with Crippen molar-refractivity contribution < 1.29 is 9.53 Å². The Hall–Kier alpha value is -3.08. The first-order chi connectivity index (χ1) is 11.8. The Morgan fingerprint density at radius 3 is 2.96 bits per heavy atom. The number of benzene rings is 1. The molecule has 0 aliphatic rings. The summed E-state index contributed by atoms with van der Waals surface area (Å²) in [6.07, 6.45) is 8.06. The fourth-order valence-electron chi connectivity index (χ4n) is 2.36. The normalized spacial score (nSPS) is 11.0. The molecule has 1 aromatic carbocycles. The van der Waals surface area contributed by atoms with Crippen molar-refractivity contribution in [2.45, 2.75) is 13.0 Å². The molecule has 2 aromatic heterocycles. The number of rotatable bonds is 6. The number of alkyl carbamates (subject to hydrolysis) is 1. The topological polar surface area (TPSA) is 67.0 Å². The van der Waals surface area contributed by atoms with Crippen molar-refractivity contribution in [2.24, 2.45) is 0 Å². The SMILES string of the molecule is O=C(NCCC=Cc1c[nH]c2ncccc12)OCc1ccccc1. The third-order valence-electron chi connectivity index (χ3n) is 3.57. The summed E-state index contributed by atoms with van der Waals surface area (Å²) in [5.41, 5.74) is 2.94. The number of fused-ring (bicyclic) bond motifs is 1. The van der Waals surface area contributed by atoms with Crippen LogP contribution in [0.1, 0.15) is 17.5 Å². The van der Waals surface area contributed by atoms with Gasteiger partial charge in [-0.15, -0.1) is 0 Å². The van der Waals surface area contributed by atoms with Gasteiger partial charge in [-0.2, -0.15) is 0 Å². The number of aromatic nitrogens is 2. The Bertz CT molecular complexity index is 825. The average molecular weight is 321 g/mol. The molecule has 0 saturated carbocycles. The Labute approximate surface area is 140 Å². The summed E-state index contributed by atoms with van der Waals surface area (Å²) in [5, 5.41) is 3.82. The molecule has 3 rings (SSSR count). The summed E-state index contributed by atoms with van der Waals surface area (Å²) in [6.45, 7) is 0.815. The highest BCUT2D eigenvalue weighted by Gasteiger charge is 2.02. The first-order valence-electron chi connectivity index (χ1n) is 7.86. The molecule has 0 unspecified atom stereocenters. The van der Waals surface area contributed by atoms with Crippen LogP contribution in [0.5, 0.6) is 0 Å². The van der Waals surface area contributed by atoms with Crippen LogP contribution in [0.2, 0.25) is 0 Å². The molecule has 2 N–H and O–H groups in total. The van der Waals surface area contributed by atoms with Gasteiger partial charge in [-0.25, -0.2) is 9.78 Å². The molecule has 0 bridgehead atoms. The number of H-pyrrole nitrogens is 1. The molecule has 1 amide bonds. The second-order valence-electron chi connectivity index (χ2n) is 5.32. The molecular weight excluding hydrogens is 302 g/mol. The molecule has 5 heteroatoms. The van der Waals surface area contributed by atoms with E-state index in [-0.39, 0.29) is 6.61 Å². The van der Waals surface area contributed by atoms with Crippen LogP contribution >= 0.6 is 0 Å². The standard InChI is InChI=1S/C19H19N3O2/c23-19(24-14-15-7-2-1-3-8-15)21-11-5-4-9-16-13-22-18-17(16)10-6-12-20-18/h1-4,6-10,12-13H,5,11,14H2,(H,20,22)(H,21,23). The molecule has 0 atom stereocenters. The van der Waals surface area contributed by atoms with Crippen molar-refractivity contribution in [3.63, 3.8) is 0 Å². The lowest BCUT2D eigenvalue weighted by molar-refractivity contribution is 0.140. The van der Waals surface area contributed by atoms with Gasteiger partial charge in [0.25, 0.3) is 0 Å². The fourth-order valence-corrected chi connectivity index (χ4v) is 2.36. The molecule has 0 spiro atoms. The summed E-state index contributed by atoms with van der Waals surface area (Å²) < 4.78 is 5.15. The van der Waals surface area contributed by atoms with Gasteiger partial charge in [-0.05, 0) is 24.1 Å². The van der Waals surface area contributed by atoms with E-state index in [1.807, 2.05) is 60.8 Å². The zero-order valence-corrected chi connectivity index (χ0v) is 13.2. The van der Waals surface area contributed by atoms with E-state index in [9.17, 15) is 4.79 Å². The van der Waals surface area contributed by atoms with Gasteiger partial charge < -0.3 is 15.0 Å². The average Bonchev–Trinajstić information content (AvgIpc) is 3.04. The molecule has 0 fully saturated rings. The van der Waals surface area contributed by atoms with Crippen LogP contribution in [0.4, 0.5) is 4.79 Å². The van der Waals surface area contributed by atoms with E-state index in [1.165, 1.54) is 0 Å². The Kier molecular flexibility index (Phi) is 5.24. The highest BCUT2D eigenvalue weighted by molar-refractivity contribution is 5.85. The van der Waals surface area contributed by atoms with Crippen LogP contribution in [0.25, 0.3) is 17.1 Å². The smallest absolute Gasteiger partial charge is 0.407 e. The number of aromatic amines is 1. The second-order valence-corrected chi connectivity index (χ2v) is 5.32. The van der Waals surface area contributed by atoms with Crippen LogP contribution < -0.4 is 5.32 Å². The van der Waals surface area contributed by atoms with Crippen LogP contribution in [0, 0.1) is 0 Å². The quantitative estimate of drug-likeness (QED) is 0.677. The van der Waals surface area contributed by atoms with Crippen LogP contribution in [0.15, 0.2) is 60.9 Å². The maximum atomic E-state index is 11.6. The van der Waals surface area contributed by atoms with Gasteiger partial charge in [0.05, 0.1) is 0 Å². The van der Waals surface area contributed by atoms with Gasteiger partial charge in [0, 0.05) is 29.9 Å². The van der Waals surface area contributed by atoms with Crippen molar-refractivity contribution in [1.82, 2.24) is 15.3 Å². The number of hydrogen-bond acceptors (Lipinski definition) is 3. The molecule has 3 aromatic rings. The summed E-state index contributed by atoms with van der Waals surface area (Å²) in [6, 6.07) is 13.6. The number of carbonyl (C=O) groups is 1. The highest BCUT2D eigenvalue weighted by Crippen LogP contribution is 2.16. The number of nitrogens with one attached hydrogen (secondary N) is 2. The third kappa shape index (κ3) is 4.23. The Morgan fingerprint density at radius 1 is 1.21 bits per heavy atom. The minimum atomic E-state index is -0.399. The summed E-state index contributed by atoms with van der Waals surface area (Å²) in [5.74, 6) is 0. The number of ether oxygens (including phenoxy) is 1. The number of nitrogens with zero attached hydrogens (tertiary/aromatic N) is 1. The molecule has 24 heavy (non-hydrogen) atoms. The molecule has 0 aliphatic heterocycles. The van der Waals surface area contributed by atoms with Crippen molar-refractivity contribution in [2.75, 3.05) is 6.54 Å². The van der Waals surface area contributed by atoms with Crippen molar-refractivity contribution >= 4 is 23.2 Å². The summed E-state index contributed by atoms with van der Waals surface area (Å²) in [4.78, 5) is 19.0. The zero-order valence-electron chi connectivity index (χ0n) is 13.2. The Balaban J connectivity index is 1.39. The third-order valence-corrected chi connectivity index (χ3v) is 3.57. The van der Waals surface area contributed by atoms with Gasteiger partial charge in [-0.1, -0.05) is 42.5 Å². The maximum absolute atomic E-state index is 11.6. The van der Waals surface area contributed by atoms with Crippen LogP contribution in [0.3, 0.4) is 0 Å². The second kappa shape index (κ2) is 7.97. The summed E-state index contributed by atoms with van der Waals surface area (Å²) in [7, 11) is 0. The highest BCUT2D eigenvalue weighted by atomic mass is 16.5. The van der Waals surface area contributed by atoms with Crippen LogP contribution in [-0.4, -0.2) is 22.6 Å². The lowest BCUT2D eigenvalue weighted by Gasteiger charge is -2.05. The number of pyridine rings is 1. The number of amides is 1. The van der Waals surface area contributed by atoms with Crippen molar-refractivity contribution in [3.05, 3.63) is 72.1 Å². The van der Waals surface area contributed by atoms with Gasteiger partial charge in [-0.3, -0.25) is 0 Å². The molecule has 0 radical (unpaired) electrons. The molecule has 2 heterocycles. The number of hydrogen-bond donors (Lipinski definition) is 2.